The van der Waals surface area contributed by atoms with E-state index in [0.717, 1.165) is 25.1 Å². The van der Waals surface area contributed by atoms with Gasteiger partial charge >= 0.3 is 0 Å². The Morgan fingerprint density at radius 3 is 2.37 bits per heavy atom. The number of aromatic nitrogens is 1. The molecule has 1 fully saturated rings. The summed E-state index contributed by atoms with van der Waals surface area (Å²) in [5.74, 6) is 0.103. The lowest BCUT2D eigenvalue weighted by Gasteiger charge is -2.34. The van der Waals surface area contributed by atoms with E-state index in [4.69, 9.17) is 4.42 Å². The molecule has 144 valence electrons. The van der Waals surface area contributed by atoms with Crippen LogP contribution < -0.4 is 4.90 Å². The minimum Gasteiger partial charge on any atom is -0.459 e. The van der Waals surface area contributed by atoms with Crippen molar-refractivity contribution in [3.05, 3.63) is 48.2 Å². The molecule has 2 aromatic heterocycles. The quantitative estimate of drug-likeness (QED) is 0.781. The highest BCUT2D eigenvalue weighted by Crippen LogP contribution is 2.15. The van der Waals surface area contributed by atoms with E-state index in [0.29, 0.717) is 37.6 Å². The van der Waals surface area contributed by atoms with Crippen LogP contribution in [0.4, 0.5) is 5.69 Å². The second-order valence-corrected chi connectivity index (χ2v) is 6.74. The van der Waals surface area contributed by atoms with Gasteiger partial charge in [-0.15, -0.1) is 0 Å². The number of carbonyl (C=O) groups is 2. The lowest BCUT2D eigenvalue weighted by atomic mass is 10.2. The third-order valence-corrected chi connectivity index (χ3v) is 4.84. The molecule has 0 bridgehead atoms. The van der Waals surface area contributed by atoms with Gasteiger partial charge in [0, 0.05) is 39.8 Å². The standard InChI is InChI=1S/C20H26N4O3/c1-3-4-9-22(2)16-7-8-17(21-15-16)19(25)23-10-12-24(13-11-23)20(26)18-6-5-14-27-18/h5-8,14-15H,3-4,9-13H2,1-2H3. The van der Waals surface area contributed by atoms with Crippen molar-refractivity contribution in [1.29, 1.82) is 0 Å². The average molecular weight is 370 g/mol. The highest BCUT2D eigenvalue weighted by Gasteiger charge is 2.27. The Morgan fingerprint density at radius 1 is 1.11 bits per heavy atom. The first kappa shape index (κ1) is 18.9. The van der Waals surface area contributed by atoms with Crippen LogP contribution in [-0.2, 0) is 0 Å². The van der Waals surface area contributed by atoms with Crippen LogP contribution in [0.5, 0.6) is 0 Å². The summed E-state index contributed by atoms with van der Waals surface area (Å²) < 4.78 is 5.16. The van der Waals surface area contributed by atoms with E-state index in [2.05, 4.69) is 16.8 Å². The van der Waals surface area contributed by atoms with Crippen LogP contribution in [0.3, 0.4) is 0 Å². The highest BCUT2D eigenvalue weighted by molar-refractivity contribution is 5.93. The van der Waals surface area contributed by atoms with Crippen molar-refractivity contribution < 1.29 is 14.0 Å². The number of hydrogen-bond donors (Lipinski definition) is 0. The van der Waals surface area contributed by atoms with Crippen molar-refractivity contribution in [1.82, 2.24) is 14.8 Å². The molecule has 0 aromatic carbocycles. The lowest BCUT2D eigenvalue weighted by Crippen LogP contribution is -2.50. The molecule has 7 heteroatoms. The minimum absolute atomic E-state index is 0.0946. The van der Waals surface area contributed by atoms with E-state index in [9.17, 15) is 9.59 Å². The maximum Gasteiger partial charge on any atom is 0.289 e. The molecular formula is C20H26N4O3. The van der Waals surface area contributed by atoms with Crippen LogP contribution in [0.25, 0.3) is 0 Å². The van der Waals surface area contributed by atoms with Gasteiger partial charge in [0.15, 0.2) is 5.76 Å². The van der Waals surface area contributed by atoms with Crippen molar-refractivity contribution in [2.45, 2.75) is 19.8 Å². The average Bonchev–Trinajstić information content (AvgIpc) is 3.26. The summed E-state index contributed by atoms with van der Waals surface area (Å²) in [5, 5.41) is 0. The van der Waals surface area contributed by atoms with Gasteiger partial charge in [-0.25, -0.2) is 4.98 Å². The van der Waals surface area contributed by atoms with E-state index < -0.39 is 0 Å². The zero-order chi connectivity index (χ0) is 19.2. The maximum absolute atomic E-state index is 12.7. The number of amides is 2. The van der Waals surface area contributed by atoms with Crippen molar-refractivity contribution in [3.63, 3.8) is 0 Å². The molecule has 2 aromatic rings. The summed E-state index contributed by atoms with van der Waals surface area (Å²) in [7, 11) is 2.03. The number of rotatable bonds is 6. The Hall–Kier alpha value is -2.83. The SMILES string of the molecule is CCCCN(C)c1ccc(C(=O)N2CCN(C(=O)c3ccco3)CC2)nc1. The van der Waals surface area contributed by atoms with E-state index in [1.54, 1.807) is 34.2 Å². The first-order valence-corrected chi connectivity index (χ1v) is 9.39. The van der Waals surface area contributed by atoms with E-state index in [-0.39, 0.29) is 11.8 Å². The van der Waals surface area contributed by atoms with Crippen molar-refractivity contribution in [3.8, 4) is 0 Å². The number of unbranched alkanes of at least 4 members (excludes halogenated alkanes) is 1. The zero-order valence-electron chi connectivity index (χ0n) is 15.9. The van der Waals surface area contributed by atoms with Crippen molar-refractivity contribution in [2.75, 3.05) is 44.7 Å². The first-order valence-electron chi connectivity index (χ1n) is 9.39. The predicted molar refractivity (Wildman–Crippen MR) is 103 cm³/mol. The molecule has 0 radical (unpaired) electrons. The molecule has 3 rings (SSSR count). The fourth-order valence-corrected chi connectivity index (χ4v) is 3.09. The van der Waals surface area contributed by atoms with Crippen molar-refractivity contribution >= 4 is 17.5 Å². The Labute approximate surface area is 159 Å². The summed E-state index contributed by atoms with van der Waals surface area (Å²) in [4.78, 5) is 34.9. The number of hydrogen-bond acceptors (Lipinski definition) is 5. The fraction of sp³-hybridized carbons (Fsp3) is 0.450. The molecule has 0 atom stereocenters. The molecule has 1 aliphatic heterocycles. The third-order valence-electron chi connectivity index (χ3n) is 4.84. The highest BCUT2D eigenvalue weighted by atomic mass is 16.3. The summed E-state index contributed by atoms with van der Waals surface area (Å²) >= 11 is 0. The molecule has 0 saturated carbocycles. The van der Waals surface area contributed by atoms with Gasteiger partial charge in [0.2, 0.25) is 0 Å². The van der Waals surface area contributed by atoms with Gasteiger partial charge < -0.3 is 19.1 Å². The smallest absolute Gasteiger partial charge is 0.289 e. The zero-order valence-corrected chi connectivity index (χ0v) is 15.9. The summed E-state index contributed by atoms with van der Waals surface area (Å²) in [6.45, 7) is 5.09. The van der Waals surface area contributed by atoms with Crippen LogP contribution in [0.15, 0.2) is 41.1 Å². The van der Waals surface area contributed by atoms with Gasteiger partial charge in [-0.3, -0.25) is 9.59 Å². The van der Waals surface area contributed by atoms with Crippen molar-refractivity contribution in [2.24, 2.45) is 0 Å². The van der Waals surface area contributed by atoms with Gasteiger partial charge in [-0.1, -0.05) is 13.3 Å². The van der Waals surface area contributed by atoms with Crippen LogP contribution in [-0.4, -0.2) is 66.4 Å². The number of pyridine rings is 1. The van der Waals surface area contributed by atoms with Gasteiger partial charge in [0.1, 0.15) is 5.69 Å². The number of carbonyl (C=O) groups excluding carboxylic acids is 2. The summed E-state index contributed by atoms with van der Waals surface area (Å²) in [6.07, 6.45) is 5.50. The number of anilines is 1. The molecule has 0 aliphatic carbocycles. The van der Waals surface area contributed by atoms with Gasteiger partial charge in [-0.05, 0) is 30.7 Å². The topological polar surface area (TPSA) is 69.9 Å². The lowest BCUT2D eigenvalue weighted by molar-refractivity contribution is 0.0515. The molecule has 1 saturated heterocycles. The number of nitrogens with zero attached hydrogens (tertiary/aromatic N) is 4. The fourth-order valence-electron chi connectivity index (χ4n) is 3.09. The maximum atomic E-state index is 12.7. The van der Waals surface area contributed by atoms with E-state index >= 15 is 0 Å². The molecule has 27 heavy (non-hydrogen) atoms. The molecular weight excluding hydrogens is 344 g/mol. The summed E-state index contributed by atoms with van der Waals surface area (Å²) in [5.41, 5.74) is 1.45. The predicted octanol–water partition coefficient (Wildman–Crippen LogP) is 2.51. The van der Waals surface area contributed by atoms with E-state index in [1.165, 1.54) is 6.26 Å². The molecule has 3 heterocycles. The molecule has 2 amide bonds. The Morgan fingerprint density at radius 2 is 1.81 bits per heavy atom. The van der Waals surface area contributed by atoms with Crippen LogP contribution >= 0.6 is 0 Å². The van der Waals surface area contributed by atoms with Gasteiger partial charge in [-0.2, -0.15) is 0 Å². The number of piperazine rings is 1. The molecule has 0 spiro atoms. The molecule has 7 nitrogen and oxygen atoms in total. The molecule has 1 aliphatic rings. The first-order chi connectivity index (χ1) is 13.1. The summed E-state index contributed by atoms with van der Waals surface area (Å²) in [6, 6.07) is 7.07. The van der Waals surface area contributed by atoms with Crippen LogP contribution in [0.1, 0.15) is 40.8 Å². The molecule has 0 unspecified atom stereocenters. The number of furan rings is 1. The second-order valence-electron chi connectivity index (χ2n) is 6.74. The van der Waals surface area contributed by atoms with E-state index in [1.807, 2.05) is 13.1 Å². The Balaban J connectivity index is 1.55. The largest absolute Gasteiger partial charge is 0.459 e. The van der Waals surface area contributed by atoms with Gasteiger partial charge in [0.05, 0.1) is 18.1 Å². The Bertz CT molecular complexity index is 750. The monoisotopic (exact) mass is 370 g/mol. The normalized spacial score (nSPS) is 14.3. The van der Waals surface area contributed by atoms with Gasteiger partial charge in [0.25, 0.3) is 11.8 Å². The molecule has 0 N–H and O–H groups in total. The van der Waals surface area contributed by atoms with Crippen LogP contribution in [0.2, 0.25) is 0 Å². The Kier molecular flexibility index (Phi) is 6.11. The minimum atomic E-state index is -0.135. The third kappa shape index (κ3) is 4.48. The second kappa shape index (κ2) is 8.70. The van der Waals surface area contributed by atoms with Crippen LogP contribution in [0, 0.1) is 0 Å².